The van der Waals surface area contributed by atoms with E-state index in [4.69, 9.17) is 0 Å². The average molecular weight is 281 g/mol. The van der Waals surface area contributed by atoms with Crippen molar-refractivity contribution in [3.8, 4) is 0 Å². The largest absolute Gasteiger partial charge is 0.351 e. The zero-order valence-electron chi connectivity index (χ0n) is 12.2. The Morgan fingerprint density at radius 3 is 2.50 bits per heavy atom. The van der Waals surface area contributed by atoms with E-state index in [0.717, 1.165) is 38.8 Å². The quantitative estimate of drug-likeness (QED) is 0.702. The van der Waals surface area contributed by atoms with Crippen LogP contribution in [0, 0.1) is 5.92 Å². The molecule has 2 fully saturated rings. The maximum Gasteiger partial charge on any atom is 0.239 e. The molecule has 1 saturated heterocycles. The Kier molecular flexibility index (Phi) is 6.30. The van der Waals surface area contributed by atoms with Gasteiger partial charge in [-0.15, -0.1) is 0 Å². The van der Waals surface area contributed by atoms with Crippen molar-refractivity contribution >= 4 is 11.8 Å². The SMILES string of the molecule is O=C(CC1CCCCC1)NCC(=O)NC1CCCNC1. The van der Waals surface area contributed by atoms with E-state index in [1.807, 2.05) is 0 Å². The lowest BCUT2D eigenvalue weighted by atomic mass is 9.87. The third-order valence-electron chi connectivity index (χ3n) is 4.31. The average Bonchev–Trinajstić information content (AvgIpc) is 2.47. The summed E-state index contributed by atoms with van der Waals surface area (Å²) in [6, 6.07) is 0.214. The monoisotopic (exact) mass is 281 g/mol. The standard InChI is InChI=1S/C15H27N3O2/c19-14(9-12-5-2-1-3-6-12)17-11-15(20)18-13-7-4-8-16-10-13/h12-13,16H,1-11H2,(H,17,19)(H,18,20). The number of amides is 2. The van der Waals surface area contributed by atoms with Gasteiger partial charge in [0.05, 0.1) is 6.54 Å². The predicted molar refractivity (Wildman–Crippen MR) is 78.2 cm³/mol. The summed E-state index contributed by atoms with van der Waals surface area (Å²) in [5.74, 6) is 0.471. The van der Waals surface area contributed by atoms with Crippen molar-refractivity contribution in [2.75, 3.05) is 19.6 Å². The summed E-state index contributed by atoms with van der Waals surface area (Å²) in [6.07, 6.45) is 8.81. The van der Waals surface area contributed by atoms with E-state index in [1.165, 1.54) is 19.3 Å². The highest BCUT2D eigenvalue weighted by molar-refractivity contribution is 5.84. The Balaban J connectivity index is 1.58. The zero-order valence-corrected chi connectivity index (χ0v) is 12.2. The first-order valence-electron chi connectivity index (χ1n) is 8.01. The second-order valence-corrected chi connectivity index (χ2v) is 6.10. The first-order valence-corrected chi connectivity index (χ1v) is 8.01. The molecule has 2 aliphatic rings. The smallest absolute Gasteiger partial charge is 0.239 e. The summed E-state index contributed by atoms with van der Waals surface area (Å²) < 4.78 is 0. The molecule has 3 N–H and O–H groups in total. The fraction of sp³-hybridized carbons (Fsp3) is 0.867. The van der Waals surface area contributed by atoms with Gasteiger partial charge >= 0.3 is 0 Å². The van der Waals surface area contributed by atoms with Crippen LogP contribution in [0.25, 0.3) is 0 Å². The van der Waals surface area contributed by atoms with E-state index in [0.29, 0.717) is 12.3 Å². The van der Waals surface area contributed by atoms with Gasteiger partial charge < -0.3 is 16.0 Å². The summed E-state index contributed by atoms with van der Waals surface area (Å²) in [4.78, 5) is 23.6. The van der Waals surface area contributed by atoms with Crippen molar-refractivity contribution in [3.63, 3.8) is 0 Å². The van der Waals surface area contributed by atoms with Crippen LogP contribution in [0.15, 0.2) is 0 Å². The fourth-order valence-corrected chi connectivity index (χ4v) is 3.16. The highest BCUT2D eigenvalue weighted by atomic mass is 16.2. The van der Waals surface area contributed by atoms with Crippen LogP contribution in [0.2, 0.25) is 0 Å². The van der Waals surface area contributed by atoms with Crippen LogP contribution in [-0.4, -0.2) is 37.5 Å². The van der Waals surface area contributed by atoms with Crippen LogP contribution in [-0.2, 0) is 9.59 Å². The molecule has 2 rings (SSSR count). The number of carbonyl (C=O) groups is 2. The number of rotatable bonds is 5. The predicted octanol–water partition coefficient (Wildman–Crippen LogP) is 0.941. The number of piperidine rings is 1. The van der Waals surface area contributed by atoms with Crippen LogP contribution in [0.1, 0.15) is 51.4 Å². The van der Waals surface area contributed by atoms with Crippen LogP contribution in [0.5, 0.6) is 0 Å². The second-order valence-electron chi connectivity index (χ2n) is 6.10. The topological polar surface area (TPSA) is 70.2 Å². The molecule has 114 valence electrons. The highest BCUT2D eigenvalue weighted by Gasteiger charge is 2.18. The Labute approximate surface area is 121 Å². The third-order valence-corrected chi connectivity index (χ3v) is 4.31. The maximum atomic E-state index is 11.8. The molecule has 0 bridgehead atoms. The lowest BCUT2D eigenvalue weighted by Gasteiger charge is -2.24. The maximum absolute atomic E-state index is 11.8. The summed E-state index contributed by atoms with van der Waals surface area (Å²) in [7, 11) is 0. The zero-order chi connectivity index (χ0) is 14.2. The molecule has 0 aromatic heterocycles. The van der Waals surface area contributed by atoms with Crippen molar-refractivity contribution in [2.24, 2.45) is 5.92 Å². The molecule has 0 spiro atoms. The molecule has 1 saturated carbocycles. The van der Waals surface area contributed by atoms with E-state index >= 15 is 0 Å². The number of carbonyl (C=O) groups excluding carboxylic acids is 2. The first kappa shape index (κ1) is 15.3. The van der Waals surface area contributed by atoms with Crippen molar-refractivity contribution in [1.82, 2.24) is 16.0 Å². The minimum atomic E-state index is -0.0734. The summed E-state index contributed by atoms with van der Waals surface area (Å²) >= 11 is 0. The molecule has 1 aliphatic carbocycles. The van der Waals surface area contributed by atoms with Crippen molar-refractivity contribution in [3.05, 3.63) is 0 Å². The molecule has 0 aromatic rings. The lowest BCUT2D eigenvalue weighted by Crippen LogP contribution is -2.48. The van der Waals surface area contributed by atoms with Gasteiger partial charge in [-0.3, -0.25) is 9.59 Å². The minimum absolute atomic E-state index is 0.0221. The first-order chi connectivity index (χ1) is 9.74. The Morgan fingerprint density at radius 2 is 1.80 bits per heavy atom. The molecule has 20 heavy (non-hydrogen) atoms. The molecule has 0 radical (unpaired) electrons. The van der Waals surface area contributed by atoms with Crippen LogP contribution in [0.4, 0.5) is 0 Å². The summed E-state index contributed by atoms with van der Waals surface area (Å²) in [6.45, 7) is 1.98. The van der Waals surface area contributed by atoms with Crippen molar-refractivity contribution in [1.29, 1.82) is 0 Å². The van der Waals surface area contributed by atoms with Gasteiger partial charge in [-0.2, -0.15) is 0 Å². The minimum Gasteiger partial charge on any atom is -0.351 e. The van der Waals surface area contributed by atoms with Gasteiger partial charge in [0, 0.05) is 19.0 Å². The Hall–Kier alpha value is -1.10. The normalized spacial score (nSPS) is 24.1. The van der Waals surface area contributed by atoms with E-state index in [1.54, 1.807) is 0 Å². The van der Waals surface area contributed by atoms with E-state index in [2.05, 4.69) is 16.0 Å². The molecule has 5 heteroatoms. The van der Waals surface area contributed by atoms with Crippen LogP contribution < -0.4 is 16.0 Å². The molecule has 5 nitrogen and oxygen atoms in total. The number of nitrogens with one attached hydrogen (secondary N) is 3. The Bertz CT molecular complexity index is 289. The fourth-order valence-electron chi connectivity index (χ4n) is 3.16. The van der Waals surface area contributed by atoms with Gasteiger partial charge in [-0.05, 0) is 38.1 Å². The molecular weight excluding hydrogens is 254 g/mol. The van der Waals surface area contributed by atoms with Gasteiger partial charge in [0.1, 0.15) is 0 Å². The summed E-state index contributed by atoms with van der Waals surface area (Å²) in [5, 5.41) is 8.97. The number of hydrogen-bond acceptors (Lipinski definition) is 3. The molecule has 1 aliphatic heterocycles. The Morgan fingerprint density at radius 1 is 1.00 bits per heavy atom. The third kappa shape index (κ3) is 5.49. The van der Waals surface area contributed by atoms with E-state index in [9.17, 15) is 9.59 Å². The molecule has 2 amide bonds. The number of hydrogen-bond donors (Lipinski definition) is 3. The van der Waals surface area contributed by atoms with Crippen molar-refractivity contribution in [2.45, 2.75) is 57.4 Å². The molecule has 1 unspecified atom stereocenters. The van der Waals surface area contributed by atoms with Crippen LogP contribution in [0.3, 0.4) is 0 Å². The van der Waals surface area contributed by atoms with Gasteiger partial charge in [0.15, 0.2) is 0 Å². The highest BCUT2D eigenvalue weighted by Crippen LogP contribution is 2.25. The summed E-state index contributed by atoms with van der Waals surface area (Å²) in [5.41, 5.74) is 0. The van der Waals surface area contributed by atoms with Crippen molar-refractivity contribution < 1.29 is 9.59 Å². The van der Waals surface area contributed by atoms with Gasteiger partial charge in [-0.25, -0.2) is 0 Å². The van der Waals surface area contributed by atoms with Gasteiger partial charge in [0.2, 0.25) is 11.8 Å². The molecule has 1 atom stereocenters. The lowest BCUT2D eigenvalue weighted by molar-refractivity contribution is -0.127. The van der Waals surface area contributed by atoms with E-state index in [-0.39, 0.29) is 24.4 Å². The molecule has 1 heterocycles. The molecular formula is C15H27N3O2. The van der Waals surface area contributed by atoms with Crippen LogP contribution >= 0.6 is 0 Å². The molecule has 0 aromatic carbocycles. The van der Waals surface area contributed by atoms with E-state index < -0.39 is 0 Å². The van der Waals surface area contributed by atoms with Gasteiger partial charge in [-0.1, -0.05) is 19.3 Å². The van der Waals surface area contributed by atoms with Gasteiger partial charge in [0.25, 0.3) is 0 Å². The second kappa shape index (κ2) is 8.25.